The minimum atomic E-state index is -1.11. The van der Waals surface area contributed by atoms with E-state index in [1.165, 1.54) is 35.1 Å². The first-order valence-corrected chi connectivity index (χ1v) is 14.8. The van der Waals surface area contributed by atoms with E-state index in [0.29, 0.717) is 36.0 Å². The molecule has 0 bridgehead atoms. The van der Waals surface area contributed by atoms with Crippen molar-refractivity contribution in [3.63, 3.8) is 0 Å². The lowest BCUT2D eigenvalue weighted by atomic mass is 9.87. The van der Waals surface area contributed by atoms with E-state index in [2.05, 4.69) is 20.9 Å². The van der Waals surface area contributed by atoms with E-state index < -0.39 is 47.1 Å². The first kappa shape index (κ1) is 31.7. The fourth-order valence-corrected chi connectivity index (χ4v) is 5.99. The molecule has 3 aromatic carbocycles. The quantitative estimate of drug-likeness (QED) is 0.234. The van der Waals surface area contributed by atoms with Gasteiger partial charge in [-0.25, -0.2) is 22.6 Å². The number of carbonyl (C=O) groups excluding carboxylic acids is 2. The SMILES string of the molecule is Cc1cc(C)c(C(NC(=O)OC(C)(C)C)C(=O)Nc2ccc(F)c(-c3cn([C@H]4CCCc5c(F)cc(F)cc54)nn3)c2)c(C)c1. The molecule has 0 radical (unpaired) electrons. The van der Waals surface area contributed by atoms with E-state index in [4.69, 9.17) is 4.74 Å². The Morgan fingerprint density at radius 2 is 1.71 bits per heavy atom. The highest BCUT2D eigenvalue weighted by Gasteiger charge is 2.30. The summed E-state index contributed by atoms with van der Waals surface area (Å²) in [5.41, 5.74) is 3.90. The number of amides is 2. The Labute approximate surface area is 260 Å². The Morgan fingerprint density at radius 3 is 2.40 bits per heavy atom. The van der Waals surface area contributed by atoms with Crippen LogP contribution in [0.15, 0.2) is 48.7 Å². The van der Waals surface area contributed by atoms with E-state index in [9.17, 15) is 18.4 Å². The summed E-state index contributed by atoms with van der Waals surface area (Å²) in [5, 5.41) is 13.8. The Hall–Kier alpha value is -4.67. The van der Waals surface area contributed by atoms with Crippen LogP contribution in [0.3, 0.4) is 0 Å². The molecule has 45 heavy (non-hydrogen) atoms. The summed E-state index contributed by atoms with van der Waals surface area (Å²) in [7, 11) is 0. The number of benzene rings is 3. The molecule has 2 amide bonds. The lowest BCUT2D eigenvalue weighted by Gasteiger charge is -2.26. The maximum absolute atomic E-state index is 15.1. The number of aromatic nitrogens is 3. The van der Waals surface area contributed by atoms with Crippen LogP contribution in [0.4, 0.5) is 23.7 Å². The van der Waals surface area contributed by atoms with Crippen molar-refractivity contribution in [2.75, 3.05) is 5.32 Å². The number of anilines is 1. The molecule has 236 valence electrons. The third-order valence-corrected chi connectivity index (χ3v) is 7.75. The number of halogens is 3. The number of nitrogens with zero attached hydrogens (tertiary/aromatic N) is 3. The molecule has 0 saturated carbocycles. The van der Waals surface area contributed by atoms with Crippen molar-refractivity contribution >= 4 is 17.7 Å². The molecule has 0 fully saturated rings. The van der Waals surface area contributed by atoms with Crippen molar-refractivity contribution < 1.29 is 27.5 Å². The third kappa shape index (κ3) is 7.02. The van der Waals surface area contributed by atoms with Crippen LogP contribution < -0.4 is 10.6 Å². The van der Waals surface area contributed by atoms with Gasteiger partial charge >= 0.3 is 6.09 Å². The molecular formula is C34H36F3N5O3. The fourth-order valence-electron chi connectivity index (χ4n) is 5.99. The van der Waals surface area contributed by atoms with Crippen LogP contribution in [-0.4, -0.2) is 32.6 Å². The largest absolute Gasteiger partial charge is 0.444 e. The summed E-state index contributed by atoms with van der Waals surface area (Å²) in [6.45, 7) is 10.8. The summed E-state index contributed by atoms with van der Waals surface area (Å²) in [4.78, 5) is 26.5. The Bertz CT molecular complexity index is 1760. The molecule has 2 atom stereocenters. The van der Waals surface area contributed by atoms with Crippen molar-refractivity contribution in [3.8, 4) is 11.3 Å². The van der Waals surface area contributed by atoms with E-state index in [1.807, 2.05) is 32.9 Å². The lowest BCUT2D eigenvalue weighted by molar-refractivity contribution is -0.118. The van der Waals surface area contributed by atoms with Crippen molar-refractivity contribution in [1.82, 2.24) is 20.3 Å². The highest BCUT2D eigenvalue weighted by molar-refractivity contribution is 5.98. The summed E-state index contributed by atoms with van der Waals surface area (Å²) >= 11 is 0. The third-order valence-electron chi connectivity index (χ3n) is 7.75. The molecular weight excluding hydrogens is 583 g/mol. The maximum Gasteiger partial charge on any atom is 0.408 e. The first-order valence-electron chi connectivity index (χ1n) is 14.8. The highest BCUT2D eigenvalue weighted by atomic mass is 19.1. The van der Waals surface area contributed by atoms with Crippen molar-refractivity contribution in [1.29, 1.82) is 0 Å². The molecule has 1 aliphatic rings. The number of alkyl carbamates (subject to hydrolysis) is 1. The number of hydrogen-bond donors (Lipinski definition) is 2. The Kier molecular flexibility index (Phi) is 8.73. The second-order valence-electron chi connectivity index (χ2n) is 12.5. The second-order valence-corrected chi connectivity index (χ2v) is 12.5. The Morgan fingerprint density at radius 1 is 1.00 bits per heavy atom. The predicted octanol–water partition coefficient (Wildman–Crippen LogP) is 7.42. The second kappa shape index (κ2) is 12.4. The molecule has 0 saturated heterocycles. The van der Waals surface area contributed by atoms with Gasteiger partial charge in [0.15, 0.2) is 0 Å². The summed E-state index contributed by atoms with van der Waals surface area (Å²) in [5.74, 6) is -2.43. The summed E-state index contributed by atoms with van der Waals surface area (Å²) < 4.78 is 50.6. The van der Waals surface area contributed by atoms with Gasteiger partial charge in [-0.05, 0) is 113 Å². The summed E-state index contributed by atoms with van der Waals surface area (Å²) in [6, 6.07) is 8.48. The number of carbonyl (C=O) groups is 2. The van der Waals surface area contributed by atoms with Crippen LogP contribution in [-0.2, 0) is 16.0 Å². The van der Waals surface area contributed by atoms with Gasteiger partial charge in [0.25, 0.3) is 5.91 Å². The van der Waals surface area contributed by atoms with Gasteiger partial charge in [0.2, 0.25) is 0 Å². The van der Waals surface area contributed by atoms with Crippen LogP contribution in [0.2, 0.25) is 0 Å². The molecule has 1 aliphatic carbocycles. The average Bonchev–Trinajstić information content (AvgIpc) is 3.41. The number of nitrogens with one attached hydrogen (secondary N) is 2. The van der Waals surface area contributed by atoms with Crippen LogP contribution in [0.1, 0.15) is 79.1 Å². The fraction of sp³-hybridized carbons (Fsp3) is 0.353. The Balaban J connectivity index is 1.44. The van der Waals surface area contributed by atoms with Crippen LogP contribution >= 0.6 is 0 Å². The van der Waals surface area contributed by atoms with Gasteiger partial charge < -0.3 is 15.4 Å². The molecule has 5 rings (SSSR count). The van der Waals surface area contributed by atoms with Crippen molar-refractivity contribution in [2.24, 2.45) is 0 Å². The molecule has 1 aromatic heterocycles. The molecule has 2 N–H and O–H groups in total. The number of aryl methyl sites for hydroxylation is 3. The van der Waals surface area contributed by atoms with E-state index in [1.54, 1.807) is 20.8 Å². The standard InChI is InChI=1S/C34H36F3N5O3/c1-18-12-19(2)30(20(3)13-18)31(39-33(44)45-34(4,5)6)32(43)38-22-10-11-26(36)25(16-22)28-17-42(41-40-28)29-9-7-8-23-24(29)14-21(35)15-27(23)37/h10-17,29,31H,7-9H2,1-6H3,(H,38,43)(H,39,44)/t29-,31?/m0/s1. The number of hydrogen-bond acceptors (Lipinski definition) is 5. The lowest BCUT2D eigenvalue weighted by Crippen LogP contribution is -2.40. The van der Waals surface area contributed by atoms with Gasteiger partial charge in [0, 0.05) is 17.3 Å². The molecule has 1 unspecified atom stereocenters. The van der Waals surface area contributed by atoms with Crippen LogP contribution in [0, 0.1) is 38.2 Å². The van der Waals surface area contributed by atoms with Crippen molar-refractivity contribution in [3.05, 3.63) is 99.5 Å². The van der Waals surface area contributed by atoms with Gasteiger partial charge in [0.05, 0.1) is 12.2 Å². The molecule has 0 spiro atoms. The van der Waals surface area contributed by atoms with E-state index in [-0.39, 0.29) is 16.9 Å². The molecule has 0 aliphatic heterocycles. The predicted molar refractivity (Wildman–Crippen MR) is 164 cm³/mol. The smallest absolute Gasteiger partial charge is 0.408 e. The summed E-state index contributed by atoms with van der Waals surface area (Å²) in [6.07, 6.45) is 2.51. The van der Waals surface area contributed by atoms with Crippen LogP contribution in [0.5, 0.6) is 0 Å². The normalized spacial score (nSPS) is 15.3. The minimum Gasteiger partial charge on any atom is -0.444 e. The topological polar surface area (TPSA) is 98.1 Å². The first-order chi connectivity index (χ1) is 21.2. The van der Waals surface area contributed by atoms with Gasteiger partial charge in [0.1, 0.15) is 34.8 Å². The van der Waals surface area contributed by atoms with Gasteiger partial charge in [-0.15, -0.1) is 5.10 Å². The maximum atomic E-state index is 15.1. The van der Waals surface area contributed by atoms with Gasteiger partial charge in [-0.3, -0.25) is 4.79 Å². The van der Waals surface area contributed by atoms with Crippen molar-refractivity contribution in [2.45, 2.75) is 78.5 Å². The molecule has 8 nitrogen and oxygen atoms in total. The zero-order valence-corrected chi connectivity index (χ0v) is 26.1. The molecule has 1 heterocycles. The van der Waals surface area contributed by atoms with E-state index >= 15 is 4.39 Å². The van der Waals surface area contributed by atoms with E-state index in [0.717, 1.165) is 22.8 Å². The zero-order valence-electron chi connectivity index (χ0n) is 26.1. The highest BCUT2D eigenvalue weighted by Crippen LogP contribution is 2.36. The molecule has 4 aromatic rings. The average molecular weight is 620 g/mol. The zero-order chi connectivity index (χ0) is 32.6. The number of ether oxygens (including phenoxy) is 1. The number of fused-ring (bicyclic) bond motifs is 1. The minimum absolute atomic E-state index is 0.0693. The van der Waals surface area contributed by atoms with Gasteiger partial charge in [-0.1, -0.05) is 22.9 Å². The molecule has 11 heteroatoms. The monoisotopic (exact) mass is 619 g/mol. The van der Waals surface area contributed by atoms with Crippen LogP contribution in [0.25, 0.3) is 11.3 Å². The van der Waals surface area contributed by atoms with Gasteiger partial charge in [-0.2, -0.15) is 0 Å². The number of rotatable bonds is 6.